The van der Waals surface area contributed by atoms with Crippen molar-refractivity contribution in [3.05, 3.63) is 64.7 Å². The SMILES string of the molecule is CC(C)c1ccc2nc(-c3ccc(Cl)cc3)cc(C(=O)N(C)CC(=O)O)c2c1. The first-order valence-corrected chi connectivity index (χ1v) is 9.32. The van der Waals surface area contributed by atoms with E-state index in [-0.39, 0.29) is 12.5 Å². The van der Waals surface area contributed by atoms with Crippen molar-refractivity contribution in [1.82, 2.24) is 9.88 Å². The van der Waals surface area contributed by atoms with Crippen molar-refractivity contribution in [3.8, 4) is 11.3 Å². The van der Waals surface area contributed by atoms with Gasteiger partial charge in [-0.25, -0.2) is 4.98 Å². The summed E-state index contributed by atoms with van der Waals surface area (Å²) in [6.45, 7) is 3.78. The molecule has 144 valence electrons. The Morgan fingerprint density at radius 2 is 1.79 bits per heavy atom. The Hall–Kier alpha value is -2.92. The van der Waals surface area contributed by atoms with E-state index in [2.05, 4.69) is 13.8 Å². The van der Waals surface area contributed by atoms with E-state index < -0.39 is 5.97 Å². The van der Waals surface area contributed by atoms with E-state index in [1.54, 1.807) is 18.2 Å². The molecule has 1 N–H and O–H groups in total. The first kappa shape index (κ1) is 19.8. The monoisotopic (exact) mass is 396 g/mol. The quantitative estimate of drug-likeness (QED) is 0.670. The number of benzene rings is 2. The van der Waals surface area contributed by atoms with Crippen LogP contribution in [0.3, 0.4) is 0 Å². The highest BCUT2D eigenvalue weighted by Crippen LogP contribution is 2.29. The summed E-state index contributed by atoms with van der Waals surface area (Å²) in [5, 5.41) is 10.4. The number of halogens is 1. The van der Waals surface area contributed by atoms with E-state index in [9.17, 15) is 9.59 Å². The van der Waals surface area contributed by atoms with Crippen molar-refractivity contribution >= 4 is 34.4 Å². The second-order valence-corrected chi connectivity index (χ2v) is 7.48. The molecule has 0 aliphatic rings. The summed E-state index contributed by atoms with van der Waals surface area (Å²) in [6.07, 6.45) is 0. The molecule has 0 atom stereocenters. The number of aliphatic carboxylic acids is 1. The summed E-state index contributed by atoms with van der Waals surface area (Å²) >= 11 is 5.98. The molecule has 2 aromatic carbocycles. The molecular weight excluding hydrogens is 376 g/mol. The van der Waals surface area contributed by atoms with Gasteiger partial charge in [-0.3, -0.25) is 9.59 Å². The number of rotatable bonds is 5. The van der Waals surface area contributed by atoms with Gasteiger partial charge in [0.15, 0.2) is 0 Å². The van der Waals surface area contributed by atoms with Gasteiger partial charge < -0.3 is 10.0 Å². The molecule has 0 unspecified atom stereocenters. The van der Waals surface area contributed by atoms with Crippen LogP contribution in [0.5, 0.6) is 0 Å². The number of hydrogen-bond donors (Lipinski definition) is 1. The second kappa shape index (κ2) is 7.98. The van der Waals surface area contributed by atoms with E-state index in [1.165, 1.54) is 11.9 Å². The number of likely N-dealkylation sites (N-methyl/N-ethyl adjacent to an activating group) is 1. The van der Waals surface area contributed by atoms with Crippen LogP contribution in [0, 0.1) is 0 Å². The lowest BCUT2D eigenvalue weighted by atomic mass is 9.97. The van der Waals surface area contributed by atoms with Crippen LogP contribution in [0.4, 0.5) is 0 Å². The van der Waals surface area contributed by atoms with Crippen LogP contribution in [0.2, 0.25) is 5.02 Å². The van der Waals surface area contributed by atoms with Crippen LogP contribution in [0.15, 0.2) is 48.5 Å². The molecule has 0 aliphatic carbocycles. The largest absolute Gasteiger partial charge is 0.480 e. The van der Waals surface area contributed by atoms with Crippen molar-refractivity contribution < 1.29 is 14.7 Å². The Morgan fingerprint density at radius 3 is 2.39 bits per heavy atom. The average molecular weight is 397 g/mol. The maximum Gasteiger partial charge on any atom is 0.323 e. The fourth-order valence-corrected chi connectivity index (χ4v) is 3.15. The highest BCUT2D eigenvalue weighted by molar-refractivity contribution is 6.30. The van der Waals surface area contributed by atoms with E-state index in [1.807, 2.05) is 30.3 Å². The van der Waals surface area contributed by atoms with Crippen molar-refractivity contribution in [2.45, 2.75) is 19.8 Å². The van der Waals surface area contributed by atoms with Gasteiger partial charge in [0.2, 0.25) is 0 Å². The number of carbonyl (C=O) groups is 2. The predicted octanol–water partition coefficient (Wildman–Crippen LogP) is 4.84. The lowest BCUT2D eigenvalue weighted by molar-refractivity contribution is -0.137. The van der Waals surface area contributed by atoms with Gasteiger partial charge in [0.1, 0.15) is 6.54 Å². The second-order valence-electron chi connectivity index (χ2n) is 7.05. The predicted molar refractivity (Wildman–Crippen MR) is 111 cm³/mol. The fraction of sp³-hybridized carbons (Fsp3) is 0.227. The van der Waals surface area contributed by atoms with Gasteiger partial charge in [0, 0.05) is 23.0 Å². The van der Waals surface area contributed by atoms with E-state index >= 15 is 0 Å². The molecule has 0 aliphatic heterocycles. The molecule has 0 saturated carbocycles. The zero-order chi connectivity index (χ0) is 20.4. The van der Waals surface area contributed by atoms with Crippen molar-refractivity contribution in [3.63, 3.8) is 0 Å². The fourth-order valence-electron chi connectivity index (χ4n) is 3.03. The maximum atomic E-state index is 13.0. The molecule has 3 aromatic rings. The molecule has 3 rings (SSSR count). The zero-order valence-electron chi connectivity index (χ0n) is 15.9. The van der Waals surface area contributed by atoms with E-state index in [4.69, 9.17) is 21.7 Å². The van der Waals surface area contributed by atoms with Gasteiger partial charge in [0.05, 0.1) is 16.8 Å². The highest BCUT2D eigenvalue weighted by Gasteiger charge is 2.20. The summed E-state index contributed by atoms with van der Waals surface area (Å²) in [7, 11) is 1.48. The number of carboxylic acids is 1. The molecule has 1 aromatic heterocycles. The van der Waals surface area contributed by atoms with Crippen molar-refractivity contribution in [2.24, 2.45) is 0 Å². The zero-order valence-corrected chi connectivity index (χ0v) is 16.7. The minimum atomic E-state index is -1.06. The maximum absolute atomic E-state index is 13.0. The molecule has 0 bridgehead atoms. The third-order valence-electron chi connectivity index (χ3n) is 4.59. The van der Waals surface area contributed by atoms with Crippen LogP contribution in [-0.4, -0.2) is 40.5 Å². The summed E-state index contributed by atoms with van der Waals surface area (Å²) < 4.78 is 0. The molecule has 0 saturated heterocycles. The topological polar surface area (TPSA) is 70.5 Å². The highest BCUT2D eigenvalue weighted by atomic mass is 35.5. The molecule has 5 nitrogen and oxygen atoms in total. The van der Waals surface area contributed by atoms with Crippen LogP contribution in [0.1, 0.15) is 35.7 Å². The summed E-state index contributed by atoms with van der Waals surface area (Å²) in [5.74, 6) is -1.12. The number of aromatic nitrogens is 1. The van der Waals surface area contributed by atoms with E-state index in [0.717, 1.165) is 11.1 Å². The van der Waals surface area contributed by atoms with Crippen LogP contribution in [0.25, 0.3) is 22.2 Å². The molecule has 0 fully saturated rings. The Balaban J connectivity index is 2.20. The molecule has 0 spiro atoms. The smallest absolute Gasteiger partial charge is 0.323 e. The lowest BCUT2D eigenvalue weighted by Crippen LogP contribution is -2.32. The van der Waals surface area contributed by atoms with Gasteiger partial charge in [-0.1, -0.05) is 43.6 Å². The molecule has 0 radical (unpaired) electrons. The number of nitrogens with zero attached hydrogens (tertiary/aromatic N) is 2. The van der Waals surface area contributed by atoms with Crippen LogP contribution < -0.4 is 0 Å². The molecule has 1 heterocycles. The summed E-state index contributed by atoms with van der Waals surface area (Å²) in [4.78, 5) is 30.0. The first-order valence-electron chi connectivity index (χ1n) is 8.94. The third-order valence-corrected chi connectivity index (χ3v) is 4.84. The first-order chi connectivity index (χ1) is 13.3. The normalized spacial score (nSPS) is 11.0. The van der Waals surface area contributed by atoms with E-state index in [0.29, 0.717) is 33.1 Å². The Labute approximate surface area is 168 Å². The number of carboxylic acid groups (broad SMARTS) is 1. The standard InChI is InChI=1S/C22H21ClN2O3/c1-13(2)15-6-9-19-17(10-15)18(22(28)25(3)12-21(26)27)11-20(24-19)14-4-7-16(23)8-5-14/h4-11,13H,12H2,1-3H3,(H,26,27). The number of pyridine rings is 1. The Morgan fingerprint density at radius 1 is 1.11 bits per heavy atom. The van der Waals surface area contributed by atoms with Crippen molar-refractivity contribution in [2.75, 3.05) is 13.6 Å². The molecule has 28 heavy (non-hydrogen) atoms. The van der Waals surface area contributed by atoms with Gasteiger partial charge in [-0.15, -0.1) is 0 Å². The minimum Gasteiger partial charge on any atom is -0.480 e. The number of hydrogen-bond acceptors (Lipinski definition) is 3. The molecule has 6 heteroatoms. The van der Waals surface area contributed by atoms with Gasteiger partial charge >= 0.3 is 5.97 Å². The number of amides is 1. The number of fused-ring (bicyclic) bond motifs is 1. The van der Waals surface area contributed by atoms with Gasteiger partial charge in [-0.2, -0.15) is 0 Å². The van der Waals surface area contributed by atoms with Crippen LogP contribution >= 0.6 is 11.6 Å². The minimum absolute atomic E-state index is 0.292. The molecule has 1 amide bonds. The van der Waals surface area contributed by atoms with Gasteiger partial charge in [-0.05, 0) is 41.8 Å². The third kappa shape index (κ3) is 4.15. The summed E-state index contributed by atoms with van der Waals surface area (Å²) in [5.41, 5.74) is 3.66. The lowest BCUT2D eigenvalue weighted by Gasteiger charge is -2.18. The average Bonchev–Trinajstić information content (AvgIpc) is 2.66. The summed E-state index contributed by atoms with van der Waals surface area (Å²) in [6, 6.07) is 14.8. The Bertz CT molecular complexity index is 1050. The van der Waals surface area contributed by atoms with Crippen molar-refractivity contribution in [1.29, 1.82) is 0 Å². The number of carbonyl (C=O) groups excluding carboxylic acids is 1. The molecular formula is C22H21ClN2O3. The van der Waals surface area contributed by atoms with Crippen LogP contribution in [-0.2, 0) is 4.79 Å². The Kier molecular flexibility index (Phi) is 5.66. The van der Waals surface area contributed by atoms with Gasteiger partial charge in [0.25, 0.3) is 5.91 Å².